The van der Waals surface area contributed by atoms with Gasteiger partial charge in [0.15, 0.2) is 0 Å². The summed E-state index contributed by atoms with van der Waals surface area (Å²) in [6.07, 6.45) is -0.198. The number of ether oxygens (including phenoxy) is 2. The van der Waals surface area contributed by atoms with Crippen molar-refractivity contribution in [3.63, 3.8) is 0 Å². The van der Waals surface area contributed by atoms with Crippen LogP contribution in [-0.2, 0) is 16.0 Å². The number of rotatable bonds is 3. The lowest BCUT2D eigenvalue weighted by molar-refractivity contribution is -0.0941. The summed E-state index contributed by atoms with van der Waals surface area (Å²) in [5.74, 6) is 1.14. The highest BCUT2D eigenvalue weighted by Gasteiger charge is 2.22. The average Bonchev–Trinajstić information content (AvgIpc) is 2.75. The fourth-order valence-electron chi connectivity index (χ4n) is 1.45. The van der Waals surface area contributed by atoms with Gasteiger partial charge in [-0.25, -0.2) is 0 Å². The molecule has 1 aliphatic heterocycles. The standard InChI is InChI=1S/C11H19N3O3/c1-11(2,3)12-6-9-13-10(14-17-9)8-7-15-4-5-16-8/h8,12H,4-7H2,1-3H3. The quantitative estimate of drug-likeness (QED) is 0.853. The van der Waals surface area contributed by atoms with Gasteiger partial charge in [-0.2, -0.15) is 4.98 Å². The molecule has 2 rings (SSSR count). The number of aromatic nitrogens is 2. The van der Waals surface area contributed by atoms with E-state index in [2.05, 4.69) is 36.2 Å². The lowest BCUT2D eigenvalue weighted by Crippen LogP contribution is -2.35. The zero-order valence-electron chi connectivity index (χ0n) is 10.5. The zero-order chi connectivity index (χ0) is 12.3. The molecule has 0 aliphatic carbocycles. The fourth-order valence-corrected chi connectivity index (χ4v) is 1.45. The van der Waals surface area contributed by atoms with Crippen LogP contribution >= 0.6 is 0 Å². The number of nitrogens with zero attached hydrogens (tertiary/aromatic N) is 2. The monoisotopic (exact) mass is 241 g/mol. The zero-order valence-corrected chi connectivity index (χ0v) is 10.5. The van der Waals surface area contributed by atoms with Gasteiger partial charge in [0, 0.05) is 5.54 Å². The molecule has 2 heterocycles. The molecule has 0 spiro atoms. The van der Waals surface area contributed by atoms with E-state index in [4.69, 9.17) is 14.0 Å². The number of hydrogen-bond acceptors (Lipinski definition) is 6. The van der Waals surface area contributed by atoms with Crippen molar-refractivity contribution in [2.75, 3.05) is 19.8 Å². The number of hydrogen-bond donors (Lipinski definition) is 1. The molecular weight excluding hydrogens is 222 g/mol. The van der Waals surface area contributed by atoms with Crippen molar-refractivity contribution in [1.82, 2.24) is 15.5 Å². The van der Waals surface area contributed by atoms with Crippen molar-refractivity contribution in [1.29, 1.82) is 0 Å². The van der Waals surface area contributed by atoms with Crippen LogP contribution in [0.4, 0.5) is 0 Å². The Kier molecular flexibility index (Phi) is 3.76. The first-order valence-electron chi connectivity index (χ1n) is 5.81. The summed E-state index contributed by atoms with van der Waals surface area (Å²) < 4.78 is 15.9. The van der Waals surface area contributed by atoms with E-state index in [1.165, 1.54) is 0 Å². The molecule has 1 aromatic rings. The molecular formula is C11H19N3O3. The Morgan fingerprint density at radius 2 is 2.18 bits per heavy atom. The van der Waals surface area contributed by atoms with Crippen LogP contribution in [0.3, 0.4) is 0 Å². The van der Waals surface area contributed by atoms with Crippen molar-refractivity contribution >= 4 is 0 Å². The molecule has 0 saturated carbocycles. The van der Waals surface area contributed by atoms with E-state index in [1.807, 2.05) is 0 Å². The smallest absolute Gasteiger partial charge is 0.240 e. The van der Waals surface area contributed by atoms with Crippen LogP contribution in [-0.4, -0.2) is 35.5 Å². The van der Waals surface area contributed by atoms with E-state index in [0.717, 1.165) is 0 Å². The van der Waals surface area contributed by atoms with E-state index >= 15 is 0 Å². The molecule has 1 atom stereocenters. The van der Waals surface area contributed by atoms with E-state index in [1.54, 1.807) is 0 Å². The number of nitrogens with one attached hydrogen (secondary N) is 1. The van der Waals surface area contributed by atoms with Gasteiger partial charge in [0.1, 0.15) is 6.10 Å². The van der Waals surface area contributed by atoms with Gasteiger partial charge in [-0.15, -0.1) is 0 Å². The molecule has 96 valence electrons. The fraction of sp³-hybridized carbons (Fsp3) is 0.818. The van der Waals surface area contributed by atoms with Gasteiger partial charge in [0.05, 0.1) is 26.4 Å². The minimum absolute atomic E-state index is 0.0269. The summed E-state index contributed by atoms with van der Waals surface area (Å²) >= 11 is 0. The first-order chi connectivity index (χ1) is 8.04. The maximum Gasteiger partial charge on any atom is 0.240 e. The van der Waals surface area contributed by atoms with Crippen molar-refractivity contribution < 1.29 is 14.0 Å². The maximum atomic E-state index is 5.49. The lowest BCUT2D eigenvalue weighted by Gasteiger charge is -2.19. The summed E-state index contributed by atoms with van der Waals surface area (Å²) in [6.45, 7) is 8.52. The van der Waals surface area contributed by atoms with E-state index in [9.17, 15) is 0 Å². The first-order valence-corrected chi connectivity index (χ1v) is 5.81. The summed E-state index contributed by atoms with van der Waals surface area (Å²) in [4.78, 5) is 4.29. The highest BCUT2D eigenvalue weighted by molar-refractivity contribution is 4.92. The lowest BCUT2D eigenvalue weighted by atomic mass is 10.1. The molecule has 17 heavy (non-hydrogen) atoms. The van der Waals surface area contributed by atoms with Gasteiger partial charge in [-0.05, 0) is 20.8 Å². The van der Waals surface area contributed by atoms with Crippen LogP contribution in [0.25, 0.3) is 0 Å². The van der Waals surface area contributed by atoms with Crippen LogP contribution in [0.1, 0.15) is 38.6 Å². The third-order valence-electron chi connectivity index (χ3n) is 2.36. The highest BCUT2D eigenvalue weighted by atomic mass is 16.6. The second kappa shape index (κ2) is 5.12. The SMILES string of the molecule is CC(C)(C)NCc1nc(C2COCCO2)no1. The molecule has 1 unspecified atom stereocenters. The molecule has 0 amide bonds. The molecule has 1 aliphatic rings. The van der Waals surface area contributed by atoms with Crippen LogP contribution in [0.5, 0.6) is 0 Å². The van der Waals surface area contributed by atoms with Gasteiger partial charge in [0.2, 0.25) is 11.7 Å². The molecule has 0 aromatic carbocycles. The summed E-state index contributed by atoms with van der Waals surface area (Å²) in [5, 5.41) is 7.20. The minimum Gasteiger partial charge on any atom is -0.376 e. The second-order valence-electron chi connectivity index (χ2n) is 5.08. The van der Waals surface area contributed by atoms with Crippen molar-refractivity contribution in [2.45, 2.75) is 39.0 Å². The van der Waals surface area contributed by atoms with E-state index in [0.29, 0.717) is 38.1 Å². The van der Waals surface area contributed by atoms with Gasteiger partial charge >= 0.3 is 0 Å². The Morgan fingerprint density at radius 3 is 2.82 bits per heavy atom. The van der Waals surface area contributed by atoms with Crippen molar-refractivity contribution in [3.05, 3.63) is 11.7 Å². The Balaban J connectivity index is 1.91. The Morgan fingerprint density at radius 1 is 1.35 bits per heavy atom. The van der Waals surface area contributed by atoms with Gasteiger partial charge in [-0.3, -0.25) is 0 Å². The summed E-state index contributed by atoms with van der Waals surface area (Å²) in [7, 11) is 0. The molecule has 6 heteroatoms. The Labute approximate surface area is 101 Å². The molecule has 1 N–H and O–H groups in total. The minimum atomic E-state index is -0.198. The summed E-state index contributed by atoms with van der Waals surface area (Å²) in [5.41, 5.74) is 0.0269. The molecule has 1 fully saturated rings. The van der Waals surface area contributed by atoms with Crippen molar-refractivity contribution in [2.24, 2.45) is 0 Å². The van der Waals surface area contributed by atoms with Crippen LogP contribution in [0, 0.1) is 0 Å². The van der Waals surface area contributed by atoms with Crippen molar-refractivity contribution in [3.8, 4) is 0 Å². The average molecular weight is 241 g/mol. The normalized spacial score (nSPS) is 21.7. The van der Waals surface area contributed by atoms with Gasteiger partial charge in [0.25, 0.3) is 0 Å². The largest absolute Gasteiger partial charge is 0.376 e. The Bertz CT molecular complexity index is 353. The predicted molar refractivity (Wildman–Crippen MR) is 60.4 cm³/mol. The summed E-state index contributed by atoms with van der Waals surface area (Å²) in [6, 6.07) is 0. The first kappa shape index (κ1) is 12.5. The molecule has 1 aromatic heterocycles. The van der Waals surface area contributed by atoms with E-state index < -0.39 is 0 Å². The third-order valence-corrected chi connectivity index (χ3v) is 2.36. The van der Waals surface area contributed by atoms with Gasteiger partial charge < -0.3 is 19.3 Å². The predicted octanol–water partition coefficient (Wildman–Crippen LogP) is 1.05. The molecule has 6 nitrogen and oxygen atoms in total. The molecule has 0 bridgehead atoms. The Hall–Kier alpha value is -0.980. The maximum absolute atomic E-state index is 5.49. The highest BCUT2D eigenvalue weighted by Crippen LogP contribution is 2.17. The second-order valence-corrected chi connectivity index (χ2v) is 5.08. The molecule has 0 radical (unpaired) electrons. The van der Waals surface area contributed by atoms with Crippen LogP contribution < -0.4 is 5.32 Å². The van der Waals surface area contributed by atoms with Crippen LogP contribution in [0.15, 0.2) is 4.52 Å². The third kappa shape index (κ3) is 3.76. The topological polar surface area (TPSA) is 69.4 Å². The van der Waals surface area contributed by atoms with Crippen LogP contribution in [0.2, 0.25) is 0 Å². The molecule has 1 saturated heterocycles. The van der Waals surface area contributed by atoms with Gasteiger partial charge in [-0.1, -0.05) is 5.16 Å². The van der Waals surface area contributed by atoms with E-state index in [-0.39, 0.29) is 11.6 Å².